The van der Waals surface area contributed by atoms with E-state index in [0.717, 1.165) is 5.56 Å². The van der Waals surface area contributed by atoms with E-state index < -0.39 is 17.8 Å². The summed E-state index contributed by atoms with van der Waals surface area (Å²) < 4.78 is 5.38. The number of rotatable bonds is 4. The molecule has 2 rings (SSSR count). The van der Waals surface area contributed by atoms with Gasteiger partial charge in [-0.3, -0.25) is 9.59 Å². The highest BCUT2D eigenvalue weighted by Gasteiger charge is 2.41. The molecule has 0 aliphatic carbocycles. The molecule has 0 saturated carbocycles. The lowest BCUT2D eigenvalue weighted by molar-refractivity contribution is -0.145. The van der Waals surface area contributed by atoms with Crippen LogP contribution in [-0.2, 0) is 9.59 Å². The molecular weight excluding hydrogens is 234 g/mol. The largest absolute Gasteiger partial charge is 0.494 e. The maximum atomic E-state index is 11.5. The third-order valence-corrected chi connectivity index (χ3v) is 3.04. The van der Waals surface area contributed by atoms with Gasteiger partial charge in [-0.05, 0) is 24.6 Å². The molecule has 18 heavy (non-hydrogen) atoms. The number of hydrogen-bond donors (Lipinski definition) is 2. The molecular formula is C13H15NO4. The van der Waals surface area contributed by atoms with Crippen molar-refractivity contribution >= 4 is 11.9 Å². The highest BCUT2D eigenvalue weighted by Crippen LogP contribution is 2.31. The van der Waals surface area contributed by atoms with E-state index in [1.165, 1.54) is 0 Å². The number of carbonyl (C=O) groups is 2. The normalized spacial score (nSPS) is 22.6. The van der Waals surface area contributed by atoms with E-state index in [9.17, 15) is 9.59 Å². The molecule has 1 aromatic rings. The number of hydrogen-bond acceptors (Lipinski definition) is 3. The molecule has 2 atom stereocenters. The molecule has 0 bridgehead atoms. The van der Waals surface area contributed by atoms with Crippen LogP contribution in [0.2, 0.25) is 0 Å². The highest BCUT2D eigenvalue weighted by molar-refractivity contribution is 5.99. The zero-order chi connectivity index (χ0) is 13.1. The smallest absolute Gasteiger partial charge is 0.316 e. The Hall–Kier alpha value is -2.04. The minimum atomic E-state index is -1.09. The van der Waals surface area contributed by atoms with Crippen molar-refractivity contribution in [3.63, 3.8) is 0 Å². The van der Waals surface area contributed by atoms with Crippen LogP contribution in [0.5, 0.6) is 5.75 Å². The molecule has 0 radical (unpaired) electrons. The molecule has 1 fully saturated rings. The van der Waals surface area contributed by atoms with Crippen LogP contribution in [0.4, 0.5) is 0 Å². The fourth-order valence-corrected chi connectivity index (χ4v) is 2.22. The molecule has 0 spiro atoms. The first-order valence-electron chi connectivity index (χ1n) is 5.86. The maximum Gasteiger partial charge on any atom is 0.316 e. The van der Waals surface area contributed by atoms with Crippen LogP contribution in [0, 0.1) is 5.92 Å². The Morgan fingerprint density at radius 3 is 3.00 bits per heavy atom. The molecule has 2 N–H and O–H groups in total. The van der Waals surface area contributed by atoms with Gasteiger partial charge in [0.2, 0.25) is 5.91 Å². The molecule has 1 aliphatic rings. The average molecular weight is 249 g/mol. The lowest BCUT2D eigenvalue weighted by atomic mass is 9.88. The van der Waals surface area contributed by atoms with Gasteiger partial charge in [0.15, 0.2) is 0 Å². The van der Waals surface area contributed by atoms with Crippen molar-refractivity contribution in [3.05, 3.63) is 29.8 Å². The summed E-state index contributed by atoms with van der Waals surface area (Å²) >= 11 is 0. The van der Waals surface area contributed by atoms with E-state index in [4.69, 9.17) is 9.84 Å². The Morgan fingerprint density at radius 2 is 2.33 bits per heavy atom. The van der Waals surface area contributed by atoms with E-state index in [0.29, 0.717) is 18.9 Å². The summed E-state index contributed by atoms with van der Waals surface area (Å²) in [7, 11) is 0. The second-order valence-electron chi connectivity index (χ2n) is 4.17. The second kappa shape index (κ2) is 5.08. The molecule has 0 unspecified atom stereocenters. The van der Waals surface area contributed by atoms with Crippen molar-refractivity contribution in [3.8, 4) is 5.75 Å². The van der Waals surface area contributed by atoms with Gasteiger partial charge >= 0.3 is 5.97 Å². The molecule has 1 amide bonds. The monoisotopic (exact) mass is 249 g/mol. The predicted molar refractivity (Wildman–Crippen MR) is 64.5 cm³/mol. The Labute approximate surface area is 105 Å². The second-order valence-corrected chi connectivity index (χ2v) is 4.17. The number of nitrogens with one attached hydrogen (secondary N) is 1. The molecule has 1 aliphatic heterocycles. The standard InChI is InChI=1S/C13H15NO4/c1-2-18-9-5-3-4-8(6-9)10-7-14-12(15)11(10)13(16)17/h3-6,10-11H,2,7H2,1H3,(H,14,15)(H,16,17)/t10-,11+/m0/s1. The van der Waals surface area contributed by atoms with Gasteiger partial charge in [0.05, 0.1) is 6.61 Å². The van der Waals surface area contributed by atoms with Crippen LogP contribution < -0.4 is 10.1 Å². The van der Waals surface area contributed by atoms with Crippen LogP contribution in [-0.4, -0.2) is 30.1 Å². The van der Waals surface area contributed by atoms with Crippen molar-refractivity contribution < 1.29 is 19.4 Å². The summed E-state index contributed by atoms with van der Waals surface area (Å²) in [6.45, 7) is 2.78. The summed E-state index contributed by atoms with van der Waals surface area (Å²) in [6, 6.07) is 7.24. The fraction of sp³-hybridized carbons (Fsp3) is 0.385. The SMILES string of the molecule is CCOc1cccc([C@@H]2CNC(=O)[C@@H]2C(=O)O)c1. The van der Waals surface area contributed by atoms with E-state index in [2.05, 4.69) is 5.32 Å². The summed E-state index contributed by atoms with van der Waals surface area (Å²) in [5.41, 5.74) is 0.812. The lowest BCUT2D eigenvalue weighted by Gasteiger charge is -2.14. The summed E-state index contributed by atoms with van der Waals surface area (Å²) in [5, 5.41) is 11.7. The molecule has 5 heteroatoms. The van der Waals surface area contributed by atoms with E-state index in [1.54, 1.807) is 6.07 Å². The minimum absolute atomic E-state index is 0.338. The van der Waals surface area contributed by atoms with E-state index in [-0.39, 0.29) is 5.92 Å². The van der Waals surface area contributed by atoms with Crippen LogP contribution in [0.1, 0.15) is 18.4 Å². The lowest BCUT2D eigenvalue weighted by Crippen LogP contribution is -2.26. The highest BCUT2D eigenvalue weighted by atomic mass is 16.5. The number of ether oxygens (including phenoxy) is 1. The quantitative estimate of drug-likeness (QED) is 0.780. The molecule has 96 valence electrons. The number of amides is 1. The first-order valence-corrected chi connectivity index (χ1v) is 5.86. The van der Waals surface area contributed by atoms with Gasteiger partial charge in [-0.1, -0.05) is 12.1 Å². The third kappa shape index (κ3) is 2.30. The van der Waals surface area contributed by atoms with Gasteiger partial charge < -0.3 is 15.2 Å². The number of aliphatic carboxylic acids is 1. The third-order valence-electron chi connectivity index (χ3n) is 3.04. The van der Waals surface area contributed by atoms with Crippen molar-refractivity contribution in [1.29, 1.82) is 0 Å². The van der Waals surface area contributed by atoms with Crippen molar-refractivity contribution in [2.75, 3.05) is 13.2 Å². The van der Waals surface area contributed by atoms with E-state index in [1.807, 2.05) is 25.1 Å². The average Bonchev–Trinajstić information content (AvgIpc) is 2.72. The first kappa shape index (κ1) is 12.4. The zero-order valence-electron chi connectivity index (χ0n) is 10.1. The van der Waals surface area contributed by atoms with Crippen molar-refractivity contribution in [2.24, 2.45) is 5.92 Å². The predicted octanol–water partition coefficient (Wildman–Crippen LogP) is 0.999. The van der Waals surface area contributed by atoms with E-state index >= 15 is 0 Å². The topological polar surface area (TPSA) is 75.6 Å². The minimum Gasteiger partial charge on any atom is -0.494 e. The van der Waals surface area contributed by atoms with Gasteiger partial charge in [-0.25, -0.2) is 0 Å². The van der Waals surface area contributed by atoms with Gasteiger partial charge in [0.25, 0.3) is 0 Å². The Kier molecular flexibility index (Phi) is 3.50. The number of carboxylic acids is 1. The Morgan fingerprint density at radius 1 is 1.56 bits per heavy atom. The Balaban J connectivity index is 2.27. The number of benzene rings is 1. The van der Waals surface area contributed by atoms with Gasteiger partial charge in [0, 0.05) is 12.5 Å². The summed E-state index contributed by atoms with van der Waals surface area (Å²) in [5.74, 6) is -2.16. The van der Waals surface area contributed by atoms with Crippen LogP contribution in [0.25, 0.3) is 0 Å². The fourth-order valence-electron chi connectivity index (χ4n) is 2.22. The molecule has 5 nitrogen and oxygen atoms in total. The number of carbonyl (C=O) groups excluding carboxylic acids is 1. The molecule has 1 heterocycles. The van der Waals surface area contributed by atoms with Crippen LogP contribution in [0.15, 0.2) is 24.3 Å². The number of carboxylic acid groups (broad SMARTS) is 1. The van der Waals surface area contributed by atoms with Crippen molar-refractivity contribution in [1.82, 2.24) is 5.32 Å². The Bertz CT molecular complexity index is 472. The molecule has 1 saturated heterocycles. The van der Waals surface area contributed by atoms with Crippen LogP contribution >= 0.6 is 0 Å². The zero-order valence-corrected chi connectivity index (χ0v) is 10.1. The molecule has 1 aromatic carbocycles. The summed E-state index contributed by atoms with van der Waals surface area (Å²) in [6.07, 6.45) is 0. The van der Waals surface area contributed by atoms with Gasteiger partial charge in [0.1, 0.15) is 11.7 Å². The molecule has 0 aromatic heterocycles. The van der Waals surface area contributed by atoms with Crippen molar-refractivity contribution in [2.45, 2.75) is 12.8 Å². The summed E-state index contributed by atoms with van der Waals surface area (Å²) in [4.78, 5) is 22.6. The van der Waals surface area contributed by atoms with Gasteiger partial charge in [-0.15, -0.1) is 0 Å². The van der Waals surface area contributed by atoms with Gasteiger partial charge in [-0.2, -0.15) is 0 Å². The van der Waals surface area contributed by atoms with Crippen LogP contribution in [0.3, 0.4) is 0 Å². The first-order chi connectivity index (χ1) is 8.63. The maximum absolute atomic E-state index is 11.5.